The zero-order valence-corrected chi connectivity index (χ0v) is 12.1. The Labute approximate surface area is 124 Å². The van der Waals surface area contributed by atoms with Gasteiger partial charge in [-0.05, 0) is 30.3 Å². The van der Waals surface area contributed by atoms with E-state index in [1.54, 1.807) is 42.7 Å². The lowest BCUT2D eigenvalue weighted by molar-refractivity contribution is -0.115. The molecule has 2 rings (SSSR count). The molecule has 102 valence electrons. The molecule has 1 aromatic heterocycles. The van der Waals surface area contributed by atoms with Crippen molar-refractivity contribution in [3.63, 3.8) is 0 Å². The molecule has 0 spiro atoms. The highest BCUT2D eigenvalue weighted by Gasteiger charge is 2.08. The van der Waals surface area contributed by atoms with E-state index in [0.717, 1.165) is 4.47 Å². The molecule has 2 aromatic rings. The van der Waals surface area contributed by atoms with Crippen molar-refractivity contribution in [2.75, 3.05) is 11.9 Å². The third-order valence-electron chi connectivity index (χ3n) is 2.46. The quantitative estimate of drug-likeness (QED) is 0.901. The SMILES string of the molecule is O=C(CNC(=O)c1cccc(Br)c1)Nc1ccncc1. The zero-order valence-electron chi connectivity index (χ0n) is 10.5. The van der Waals surface area contributed by atoms with Crippen LogP contribution in [0.2, 0.25) is 0 Å². The summed E-state index contributed by atoms with van der Waals surface area (Å²) in [6, 6.07) is 10.3. The number of hydrogen-bond acceptors (Lipinski definition) is 3. The van der Waals surface area contributed by atoms with Crippen molar-refractivity contribution in [2.24, 2.45) is 0 Å². The van der Waals surface area contributed by atoms with Gasteiger partial charge in [0.1, 0.15) is 0 Å². The smallest absolute Gasteiger partial charge is 0.251 e. The van der Waals surface area contributed by atoms with Gasteiger partial charge in [0, 0.05) is 28.1 Å². The Morgan fingerprint density at radius 2 is 1.90 bits per heavy atom. The predicted molar refractivity (Wildman–Crippen MR) is 79.3 cm³/mol. The number of carbonyl (C=O) groups is 2. The second-order valence-corrected chi connectivity index (χ2v) is 4.89. The highest BCUT2D eigenvalue weighted by Crippen LogP contribution is 2.11. The van der Waals surface area contributed by atoms with E-state index in [0.29, 0.717) is 11.3 Å². The Balaban J connectivity index is 1.86. The third-order valence-corrected chi connectivity index (χ3v) is 2.95. The molecule has 6 heteroatoms. The average Bonchev–Trinajstić information content (AvgIpc) is 2.46. The Morgan fingerprint density at radius 1 is 1.15 bits per heavy atom. The van der Waals surface area contributed by atoms with Gasteiger partial charge >= 0.3 is 0 Å². The second-order valence-electron chi connectivity index (χ2n) is 3.98. The van der Waals surface area contributed by atoms with Gasteiger partial charge in [-0.15, -0.1) is 0 Å². The Bertz CT molecular complexity index is 617. The fraction of sp³-hybridized carbons (Fsp3) is 0.0714. The monoisotopic (exact) mass is 333 g/mol. The van der Waals surface area contributed by atoms with Gasteiger partial charge in [-0.1, -0.05) is 22.0 Å². The molecule has 2 N–H and O–H groups in total. The number of nitrogens with zero attached hydrogens (tertiary/aromatic N) is 1. The first-order valence-corrected chi connectivity index (χ1v) is 6.68. The molecular weight excluding hydrogens is 322 g/mol. The van der Waals surface area contributed by atoms with E-state index >= 15 is 0 Å². The standard InChI is InChI=1S/C14H12BrN3O2/c15-11-3-1-2-10(8-11)14(20)17-9-13(19)18-12-4-6-16-7-5-12/h1-8H,9H2,(H,17,20)(H,16,18,19). The Hall–Kier alpha value is -2.21. The number of amides is 2. The number of benzene rings is 1. The van der Waals surface area contributed by atoms with Crippen molar-refractivity contribution >= 4 is 33.4 Å². The van der Waals surface area contributed by atoms with Crippen LogP contribution in [-0.2, 0) is 4.79 Å². The fourth-order valence-electron chi connectivity index (χ4n) is 1.53. The number of halogens is 1. The maximum Gasteiger partial charge on any atom is 0.251 e. The fourth-order valence-corrected chi connectivity index (χ4v) is 1.93. The van der Waals surface area contributed by atoms with Crippen LogP contribution in [0.5, 0.6) is 0 Å². The molecule has 0 fully saturated rings. The van der Waals surface area contributed by atoms with Gasteiger partial charge in [0.15, 0.2) is 0 Å². The lowest BCUT2D eigenvalue weighted by Gasteiger charge is -2.07. The molecule has 0 aliphatic rings. The molecular formula is C14H12BrN3O2. The summed E-state index contributed by atoms with van der Waals surface area (Å²) in [4.78, 5) is 27.3. The average molecular weight is 334 g/mol. The molecule has 0 aliphatic heterocycles. The van der Waals surface area contributed by atoms with Gasteiger partial charge in [0.2, 0.25) is 5.91 Å². The summed E-state index contributed by atoms with van der Waals surface area (Å²) < 4.78 is 0.811. The van der Waals surface area contributed by atoms with Crippen LogP contribution in [0.4, 0.5) is 5.69 Å². The first kappa shape index (κ1) is 14.2. The molecule has 5 nitrogen and oxygen atoms in total. The largest absolute Gasteiger partial charge is 0.343 e. The first-order valence-electron chi connectivity index (χ1n) is 5.89. The number of pyridine rings is 1. The molecule has 0 saturated heterocycles. The number of rotatable bonds is 4. The van der Waals surface area contributed by atoms with Crippen LogP contribution in [0, 0.1) is 0 Å². The number of nitrogens with one attached hydrogen (secondary N) is 2. The number of hydrogen-bond donors (Lipinski definition) is 2. The highest BCUT2D eigenvalue weighted by atomic mass is 79.9. The third kappa shape index (κ3) is 4.17. The van der Waals surface area contributed by atoms with Crippen molar-refractivity contribution in [3.8, 4) is 0 Å². The molecule has 0 radical (unpaired) electrons. The minimum Gasteiger partial charge on any atom is -0.343 e. The van der Waals surface area contributed by atoms with Crippen LogP contribution < -0.4 is 10.6 Å². The van der Waals surface area contributed by atoms with E-state index in [1.807, 2.05) is 6.07 Å². The molecule has 0 aliphatic carbocycles. The molecule has 0 unspecified atom stereocenters. The zero-order chi connectivity index (χ0) is 14.4. The summed E-state index contributed by atoms with van der Waals surface area (Å²) in [6.45, 7) is -0.0896. The lowest BCUT2D eigenvalue weighted by Crippen LogP contribution is -2.32. The van der Waals surface area contributed by atoms with Crippen LogP contribution >= 0.6 is 15.9 Å². The van der Waals surface area contributed by atoms with Gasteiger partial charge in [0.05, 0.1) is 6.54 Å². The summed E-state index contributed by atoms with van der Waals surface area (Å²) in [7, 11) is 0. The van der Waals surface area contributed by atoms with Gasteiger partial charge in [-0.25, -0.2) is 0 Å². The minimum atomic E-state index is -0.295. The number of carbonyl (C=O) groups excluding carboxylic acids is 2. The topological polar surface area (TPSA) is 71.1 Å². The van der Waals surface area contributed by atoms with Crippen molar-refractivity contribution in [3.05, 3.63) is 58.8 Å². The summed E-state index contributed by atoms with van der Waals surface area (Å²) in [5.41, 5.74) is 1.14. The van der Waals surface area contributed by atoms with Gasteiger partial charge < -0.3 is 10.6 Å². The van der Waals surface area contributed by atoms with Gasteiger partial charge in [-0.3, -0.25) is 14.6 Å². The maximum atomic E-state index is 11.8. The van der Waals surface area contributed by atoms with E-state index < -0.39 is 0 Å². The highest BCUT2D eigenvalue weighted by molar-refractivity contribution is 9.10. The second kappa shape index (κ2) is 6.81. The molecule has 0 atom stereocenters. The van der Waals surface area contributed by atoms with Crippen LogP contribution in [0.15, 0.2) is 53.3 Å². The molecule has 0 bridgehead atoms. The minimum absolute atomic E-state index is 0.0896. The van der Waals surface area contributed by atoms with E-state index in [2.05, 4.69) is 31.5 Å². The van der Waals surface area contributed by atoms with E-state index in [9.17, 15) is 9.59 Å². The molecule has 1 aromatic carbocycles. The van der Waals surface area contributed by atoms with E-state index in [1.165, 1.54) is 0 Å². The molecule has 0 saturated carbocycles. The van der Waals surface area contributed by atoms with Gasteiger partial charge in [0.25, 0.3) is 5.91 Å². The molecule has 2 amide bonds. The van der Waals surface area contributed by atoms with Crippen molar-refractivity contribution in [1.29, 1.82) is 0 Å². The van der Waals surface area contributed by atoms with Crippen LogP contribution in [0.3, 0.4) is 0 Å². The summed E-state index contributed by atoms with van der Waals surface area (Å²) in [5, 5.41) is 5.22. The van der Waals surface area contributed by atoms with Crippen LogP contribution in [0.1, 0.15) is 10.4 Å². The van der Waals surface area contributed by atoms with Crippen LogP contribution in [0.25, 0.3) is 0 Å². The predicted octanol–water partition coefficient (Wildman–Crippen LogP) is 2.21. The van der Waals surface area contributed by atoms with E-state index in [-0.39, 0.29) is 18.4 Å². The van der Waals surface area contributed by atoms with Gasteiger partial charge in [-0.2, -0.15) is 0 Å². The Morgan fingerprint density at radius 3 is 2.60 bits per heavy atom. The maximum absolute atomic E-state index is 11.8. The number of aromatic nitrogens is 1. The summed E-state index contributed by atoms with van der Waals surface area (Å²) in [6.07, 6.45) is 3.16. The number of anilines is 1. The van der Waals surface area contributed by atoms with Crippen molar-refractivity contribution < 1.29 is 9.59 Å². The first-order chi connectivity index (χ1) is 9.65. The lowest BCUT2D eigenvalue weighted by atomic mass is 10.2. The normalized spacial score (nSPS) is 9.85. The van der Waals surface area contributed by atoms with Crippen molar-refractivity contribution in [1.82, 2.24) is 10.3 Å². The molecule has 20 heavy (non-hydrogen) atoms. The van der Waals surface area contributed by atoms with Crippen molar-refractivity contribution in [2.45, 2.75) is 0 Å². The Kier molecular flexibility index (Phi) is 4.84. The van der Waals surface area contributed by atoms with E-state index in [4.69, 9.17) is 0 Å². The van der Waals surface area contributed by atoms with Crippen LogP contribution in [-0.4, -0.2) is 23.3 Å². The summed E-state index contributed by atoms with van der Waals surface area (Å²) in [5.74, 6) is -0.587. The summed E-state index contributed by atoms with van der Waals surface area (Å²) >= 11 is 3.29. The molecule has 1 heterocycles.